The number of likely N-dealkylation sites (tertiary alicyclic amines) is 2. The third-order valence-electron chi connectivity index (χ3n) is 5.81. The fraction of sp³-hybridized carbons (Fsp3) is 1.00. The van der Waals surface area contributed by atoms with Gasteiger partial charge in [0.2, 0.25) is 0 Å². The molecule has 1 spiro atoms. The van der Waals surface area contributed by atoms with Gasteiger partial charge in [-0.3, -0.25) is 0 Å². The van der Waals surface area contributed by atoms with Crippen molar-refractivity contribution < 1.29 is 0 Å². The van der Waals surface area contributed by atoms with E-state index in [1.54, 1.807) is 0 Å². The topological polar surface area (TPSA) is 18.5 Å². The second-order valence-electron chi connectivity index (χ2n) is 7.48. The molecule has 19 heavy (non-hydrogen) atoms. The number of rotatable bonds is 3. The summed E-state index contributed by atoms with van der Waals surface area (Å²) in [5.41, 5.74) is 0.706. The van der Waals surface area contributed by atoms with Crippen molar-refractivity contribution in [2.75, 3.05) is 45.8 Å². The average Bonchev–Trinajstić information content (AvgIpc) is 2.38. The lowest BCUT2D eigenvalue weighted by molar-refractivity contribution is 0.0393. The molecule has 0 atom stereocenters. The Bertz CT molecular complexity index is 280. The highest BCUT2D eigenvalue weighted by atomic mass is 15.2. The summed E-state index contributed by atoms with van der Waals surface area (Å²) < 4.78 is 0. The highest BCUT2D eigenvalue weighted by Crippen LogP contribution is 2.35. The molecular formula is C16H31N3. The van der Waals surface area contributed by atoms with Gasteiger partial charge < -0.3 is 15.1 Å². The van der Waals surface area contributed by atoms with Crippen LogP contribution in [-0.2, 0) is 0 Å². The molecule has 0 aliphatic carbocycles. The summed E-state index contributed by atoms with van der Waals surface area (Å²) in [6.45, 7) is 14.0. The Morgan fingerprint density at radius 2 is 1.68 bits per heavy atom. The molecule has 3 rings (SSSR count). The van der Waals surface area contributed by atoms with Crippen LogP contribution >= 0.6 is 0 Å². The highest BCUT2D eigenvalue weighted by Gasteiger charge is 2.39. The van der Waals surface area contributed by atoms with Crippen molar-refractivity contribution in [2.45, 2.75) is 45.6 Å². The highest BCUT2D eigenvalue weighted by molar-refractivity contribution is 4.96. The molecule has 0 aromatic heterocycles. The van der Waals surface area contributed by atoms with Gasteiger partial charge in [-0.1, -0.05) is 0 Å². The minimum absolute atomic E-state index is 0.706. The Morgan fingerprint density at radius 3 is 2.16 bits per heavy atom. The van der Waals surface area contributed by atoms with Crippen molar-refractivity contribution >= 4 is 0 Å². The second kappa shape index (κ2) is 5.71. The van der Waals surface area contributed by atoms with Crippen molar-refractivity contribution in [1.82, 2.24) is 15.1 Å². The fourth-order valence-corrected chi connectivity index (χ4v) is 4.06. The Balaban J connectivity index is 1.39. The summed E-state index contributed by atoms with van der Waals surface area (Å²) in [6, 6.07) is 0.738. The van der Waals surface area contributed by atoms with Crippen LogP contribution in [0.5, 0.6) is 0 Å². The molecule has 0 bridgehead atoms. The molecule has 3 heterocycles. The van der Waals surface area contributed by atoms with Crippen LogP contribution in [0.15, 0.2) is 0 Å². The SMILES string of the molecule is CC(C)N1CCC(CN2CCC3(CC2)CNC3)CC1. The van der Waals surface area contributed by atoms with Crippen LogP contribution in [0.3, 0.4) is 0 Å². The van der Waals surface area contributed by atoms with Gasteiger partial charge in [0.25, 0.3) is 0 Å². The first-order valence-electron chi connectivity index (χ1n) is 8.34. The Hall–Kier alpha value is -0.120. The molecule has 110 valence electrons. The molecule has 3 fully saturated rings. The fourth-order valence-electron chi connectivity index (χ4n) is 4.06. The lowest BCUT2D eigenvalue weighted by atomic mass is 9.73. The molecule has 0 amide bonds. The molecule has 0 aromatic rings. The minimum Gasteiger partial charge on any atom is -0.316 e. The van der Waals surface area contributed by atoms with Crippen molar-refractivity contribution in [3.63, 3.8) is 0 Å². The molecule has 3 aliphatic rings. The van der Waals surface area contributed by atoms with Crippen LogP contribution in [0, 0.1) is 11.3 Å². The molecule has 0 radical (unpaired) electrons. The Labute approximate surface area is 118 Å². The summed E-state index contributed by atoms with van der Waals surface area (Å²) in [5.74, 6) is 0.962. The van der Waals surface area contributed by atoms with Crippen molar-refractivity contribution in [2.24, 2.45) is 11.3 Å². The molecule has 0 saturated carbocycles. The molecule has 0 aromatic carbocycles. The number of nitrogens with one attached hydrogen (secondary N) is 1. The lowest BCUT2D eigenvalue weighted by Crippen LogP contribution is -2.58. The summed E-state index contributed by atoms with van der Waals surface area (Å²) >= 11 is 0. The number of piperidine rings is 2. The van der Waals surface area contributed by atoms with E-state index in [0.717, 1.165) is 12.0 Å². The first-order chi connectivity index (χ1) is 9.17. The number of nitrogens with zero attached hydrogens (tertiary/aromatic N) is 2. The zero-order valence-electron chi connectivity index (χ0n) is 12.8. The standard InChI is InChI=1S/C16H31N3/c1-14(2)19-7-3-15(4-8-19)11-18-9-5-16(6-10-18)12-17-13-16/h14-15,17H,3-13H2,1-2H3. The van der Waals surface area contributed by atoms with Gasteiger partial charge in [-0.05, 0) is 77.0 Å². The normalized spacial score (nSPS) is 29.8. The van der Waals surface area contributed by atoms with Gasteiger partial charge in [-0.15, -0.1) is 0 Å². The van der Waals surface area contributed by atoms with Crippen LogP contribution in [0.4, 0.5) is 0 Å². The van der Waals surface area contributed by atoms with Crippen molar-refractivity contribution in [1.29, 1.82) is 0 Å². The molecule has 3 nitrogen and oxygen atoms in total. The van der Waals surface area contributed by atoms with Gasteiger partial charge in [0.05, 0.1) is 0 Å². The Morgan fingerprint density at radius 1 is 1.05 bits per heavy atom. The van der Waals surface area contributed by atoms with Crippen LogP contribution in [-0.4, -0.2) is 61.7 Å². The van der Waals surface area contributed by atoms with Gasteiger partial charge in [0, 0.05) is 25.7 Å². The van der Waals surface area contributed by atoms with Gasteiger partial charge in [0.1, 0.15) is 0 Å². The number of hydrogen-bond acceptors (Lipinski definition) is 3. The third-order valence-corrected chi connectivity index (χ3v) is 5.81. The van der Waals surface area contributed by atoms with Gasteiger partial charge in [-0.2, -0.15) is 0 Å². The lowest BCUT2D eigenvalue weighted by Gasteiger charge is -2.49. The first kappa shape index (κ1) is 13.8. The van der Waals surface area contributed by atoms with Crippen LogP contribution < -0.4 is 5.32 Å². The van der Waals surface area contributed by atoms with E-state index in [-0.39, 0.29) is 0 Å². The monoisotopic (exact) mass is 265 g/mol. The third kappa shape index (κ3) is 3.14. The molecule has 3 aliphatic heterocycles. The molecule has 0 unspecified atom stereocenters. The summed E-state index contributed by atoms with van der Waals surface area (Å²) in [7, 11) is 0. The van der Waals surface area contributed by atoms with Gasteiger partial charge >= 0.3 is 0 Å². The average molecular weight is 265 g/mol. The van der Waals surface area contributed by atoms with Gasteiger partial charge in [0.15, 0.2) is 0 Å². The maximum absolute atomic E-state index is 3.46. The Kier molecular flexibility index (Phi) is 4.16. The van der Waals surface area contributed by atoms with Crippen LogP contribution in [0.25, 0.3) is 0 Å². The maximum Gasteiger partial charge on any atom is 0.00385 e. The number of hydrogen-bond donors (Lipinski definition) is 1. The minimum atomic E-state index is 0.706. The van der Waals surface area contributed by atoms with E-state index in [1.807, 2.05) is 0 Å². The summed E-state index contributed by atoms with van der Waals surface area (Å²) in [4.78, 5) is 5.39. The smallest absolute Gasteiger partial charge is 0.00385 e. The quantitative estimate of drug-likeness (QED) is 0.839. The predicted octanol–water partition coefficient (Wildman–Crippen LogP) is 1.79. The zero-order chi connectivity index (χ0) is 13.3. The van der Waals surface area contributed by atoms with E-state index in [1.165, 1.54) is 71.5 Å². The molecule has 1 N–H and O–H groups in total. The van der Waals surface area contributed by atoms with Crippen molar-refractivity contribution in [3.05, 3.63) is 0 Å². The molecular weight excluding hydrogens is 234 g/mol. The molecule has 3 saturated heterocycles. The maximum atomic E-state index is 3.46. The van der Waals surface area contributed by atoms with Crippen LogP contribution in [0.2, 0.25) is 0 Å². The largest absolute Gasteiger partial charge is 0.316 e. The van der Waals surface area contributed by atoms with Gasteiger partial charge in [-0.25, -0.2) is 0 Å². The van der Waals surface area contributed by atoms with E-state index < -0.39 is 0 Å². The summed E-state index contributed by atoms with van der Waals surface area (Å²) in [5, 5.41) is 3.46. The first-order valence-corrected chi connectivity index (χ1v) is 8.34. The zero-order valence-corrected chi connectivity index (χ0v) is 12.8. The predicted molar refractivity (Wildman–Crippen MR) is 80.4 cm³/mol. The van der Waals surface area contributed by atoms with Crippen LogP contribution in [0.1, 0.15) is 39.5 Å². The van der Waals surface area contributed by atoms with E-state index in [0.29, 0.717) is 5.41 Å². The van der Waals surface area contributed by atoms with E-state index in [9.17, 15) is 0 Å². The van der Waals surface area contributed by atoms with E-state index in [2.05, 4.69) is 29.0 Å². The van der Waals surface area contributed by atoms with E-state index in [4.69, 9.17) is 0 Å². The molecule has 3 heteroatoms. The van der Waals surface area contributed by atoms with E-state index >= 15 is 0 Å². The van der Waals surface area contributed by atoms with Crippen molar-refractivity contribution in [3.8, 4) is 0 Å². The second-order valence-corrected chi connectivity index (χ2v) is 7.48. The summed E-state index contributed by atoms with van der Waals surface area (Å²) in [6.07, 6.45) is 5.71.